The van der Waals surface area contributed by atoms with Gasteiger partial charge in [-0.05, 0) is 53.4 Å². The van der Waals surface area contributed by atoms with Crippen LogP contribution in [0.25, 0.3) is 0 Å². The van der Waals surface area contributed by atoms with E-state index < -0.39 is 16.0 Å². The Kier molecular flexibility index (Phi) is 4.75. The zero-order valence-electron chi connectivity index (χ0n) is 12.0. The van der Waals surface area contributed by atoms with Crippen molar-refractivity contribution >= 4 is 31.9 Å². The molecule has 1 aromatic rings. The average molecular weight is 376 g/mol. The number of halogens is 1. The van der Waals surface area contributed by atoms with Gasteiger partial charge in [-0.2, -0.15) is 4.31 Å². The number of aromatic carboxylic acids is 1. The summed E-state index contributed by atoms with van der Waals surface area (Å²) in [5, 5.41) is 9.12. The lowest BCUT2D eigenvalue weighted by Gasteiger charge is -2.24. The van der Waals surface area contributed by atoms with Crippen molar-refractivity contribution in [1.29, 1.82) is 0 Å². The summed E-state index contributed by atoms with van der Waals surface area (Å²) in [4.78, 5) is 11.2. The van der Waals surface area contributed by atoms with Crippen molar-refractivity contribution in [2.24, 2.45) is 0 Å². The molecular weight excluding hydrogens is 358 g/mol. The van der Waals surface area contributed by atoms with Crippen LogP contribution >= 0.6 is 15.9 Å². The number of benzene rings is 1. The van der Waals surface area contributed by atoms with Gasteiger partial charge in [0, 0.05) is 17.6 Å². The fourth-order valence-electron chi connectivity index (χ4n) is 2.67. The highest BCUT2D eigenvalue weighted by molar-refractivity contribution is 9.10. The Balaban J connectivity index is 2.50. The second-order valence-corrected chi connectivity index (χ2v) is 8.13. The second-order valence-electron chi connectivity index (χ2n) is 5.37. The Morgan fingerprint density at radius 3 is 2.43 bits per heavy atom. The van der Waals surface area contributed by atoms with Crippen molar-refractivity contribution < 1.29 is 18.3 Å². The zero-order chi connectivity index (χ0) is 15.8. The van der Waals surface area contributed by atoms with E-state index in [0.717, 1.165) is 25.7 Å². The van der Waals surface area contributed by atoms with E-state index >= 15 is 0 Å². The quantitative estimate of drug-likeness (QED) is 0.877. The molecule has 0 bridgehead atoms. The lowest BCUT2D eigenvalue weighted by Crippen LogP contribution is -2.35. The molecule has 0 heterocycles. The third-order valence-corrected chi connectivity index (χ3v) is 7.21. The summed E-state index contributed by atoms with van der Waals surface area (Å²) >= 11 is 3.28. The molecule has 2 rings (SSSR count). The van der Waals surface area contributed by atoms with E-state index in [-0.39, 0.29) is 16.5 Å². The first-order valence-electron chi connectivity index (χ1n) is 6.76. The Hall–Kier alpha value is -0.920. The molecule has 1 aliphatic rings. The SMILES string of the molecule is Cc1cc(C(=O)O)cc(S(=O)(=O)N(C)C2CCCC2)c1Br. The zero-order valence-corrected chi connectivity index (χ0v) is 14.4. The highest BCUT2D eigenvalue weighted by atomic mass is 79.9. The molecule has 1 fully saturated rings. The second kappa shape index (κ2) is 6.06. The van der Waals surface area contributed by atoms with E-state index in [9.17, 15) is 13.2 Å². The molecule has 0 unspecified atom stereocenters. The van der Waals surface area contributed by atoms with Gasteiger partial charge >= 0.3 is 5.97 Å². The van der Waals surface area contributed by atoms with Gasteiger partial charge in [-0.15, -0.1) is 0 Å². The van der Waals surface area contributed by atoms with Gasteiger partial charge in [-0.3, -0.25) is 0 Å². The van der Waals surface area contributed by atoms with Crippen LogP contribution < -0.4 is 0 Å². The summed E-state index contributed by atoms with van der Waals surface area (Å²) in [6.45, 7) is 1.69. The van der Waals surface area contributed by atoms with Crippen molar-refractivity contribution in [3.63, 3.8) is 0 Å². The van der Waals surface area contributed by atoms with Crippen LogP contribution in [0.4, 0.5) is 0 Å². The highest BCUT2D eigenvalue weighted by Crippen LogP contribution is 2.32. The van der Waals surface area contributed by atoms with Gasteiger partial charge in [-0.1, -0.05) is 12.8 Å². The normalized spacial score (nSPS) is 16.6. The van der Waals surface area contributed by atoms with Gasteiger partial charge in [0.25, 0.3) is 0 Å². The Morgan fingerprint density at radius 1 is 1.33 bits per heavy atom. The molecule has 1 saturated carbocycles. The monoisotopic (exact) mass is 375 g/mol. The molecule has 5 nitrogen and oxygen atoms in total. The Bertz CT molecular complexity index is 666. The first-order valence-corrected chi connectivity index (χ1v) is 9.00. The maximum atomic E-state index is 12.8. The fourth-order valence-corrected chi connectivity index (χ4v) is 5.09. The average Bonchev–Trinajstić information content (AvgIpc) is 2.94. The maximum Gasteiger partial charge on any atom is 0.335 e. The lowest BCUT2D eigenvalue weighted by molar-refractivity contribution is 0.0696. The van der Waals surface area contributed by atoms with Crippen molar-refractivity contribution in [1.82, 2.24) is 4.31 Å². The van der Waals surface area contributed by atoms with Crippen LogP contribution in [0.1, 0.15) is 41.6 Å². The predicted octanol–water partition coefficient (Wildman–Crippen LogP) is 3.02. The first-order chi connectivity index (χ1) is 9.75. The maximum absolute atomic E-state index is 12.8. The van der Waals surface area contributed by atoms with Gasteiger partial charge in [0.15, 0.2) is 0 Å². The molecule has 0 aliphatic heterocycles. The molecule has 21 heavy (non-hydrogen) atoms. The number of nitrogens with zero attached hydrogens (tertiary/aromatic N) is 1. The van der Waals surface area contributed by atoms with E-state index in [4.69, 9.17) is 5.11 Å². The Morgan fingerprint density at radius 2 is 1.90 bits per heavy atom. The van der Waals surface area contributed by atoms with E-state index in [2.05, 4.69) is 15.9 Å². The first kappa shape index (κ1) is 16.5. The topological polar surface area (TPSA) is 74.7 Å². The summed E-state index contributed by atoms with van der Waals surface area (Å²) in [6, 6.07) is 2.68. The van der Waals surface area contributed by atoms with Crippen LogP contribution in [0.3, 0.4) is 0 Å². The van der Waals surface area contributed by atoms with Gasteiger partial charge in [0.2, 0.25) is 10.0 Å². The summed E-state index contributed by atoms with van der Waals surface area (Å²) in [5.41, 5.74) is 0.572. The van der Waals surface area contributed by atoms with Crippen LogP contribution in [0.15, 0.2) is 21.5 Å². The summed E-state index contributed by atoms with van der Waals surface area (Å²) < 4.78 is 27.3. The molecule has 1 aliphatic carbocycles. The van der Waals surface area contributed by atoms with Crippen LogP contribution in [-0.2, 0) is 10.0 Å². The van der Waals surface area contributed by atoms with Crippen molar-refractivity contribution in [3.05, 3.63) is 27.7 Å². The highest BCUT2D eigenvalue weighted by Gasteiger charge is 2.32. The van der Waals surface area contributed by atoms with E-state index in [1.807, 2.05) is 0 Å². The fraction of sp³-hybridized carbons (Fsp3) is 0.500. The molecule has 0 spiro atoms. The van der Waals surface area contributed by atoms with Crippen LogP contribution in [0.5, 0.6) is 0 Å². The molecule has 7 heteroatoms. The van der Waals surface area contributed by atoms with Crippen LogP contribution in [0.2, 0.25) is 0 Å². The molecule has 0 atom stereocenters. The standard InChI is InChI=1S/C14H18BrNO4S/c1-9-7-10(14(17)18)8-12(13(9)15)21(19,20)16(2)11-5-3-4-6-11/h7-8,11H,3-6H2,1-2H3,(H,17,18). The molecule has 116 valence electrons. The van der Waals surface area contributed by atoms with Crippen molar-refractivity contribution in [2.45, 2.75) is 43.5 Å². The van der Waals surface area contributed by atoms with Crippen molar-refractivity contribution in [3.8, 4) is 0 Å². The molecule has 1 aromatic carbocycles. The number of carboxylic acids is 1. The minimum atomic E-state index is -3.71. The number of hydrogen-bond acceptors (Lipinski definition) is 3. The molecular formula is C14H18BrNO4S. The smallest absolute Gasteiger partial charge is 0.335 e. The minimum absolute atomic E-state index is 0.00399. The Labute approximate surface area is 133 Å². The van der Waals surface area contributed by atoms with Gasteiger partial charge in [-0.25, -0.2) is 13.2 Å². The molecule has 0 aromatic heterocycles. The third kappa shape index (κ3) is 3.14. The van der Waals surface area contributed by atoms with E-state index in [0.29, 0.717) is 10.0 Å². The molecule has 0 saturated heterocycles. The number of rotatable bonds is 4. The van der Waals surface area contributed by atoms with Gasteiger partial charge in [0.05, 0.1) is 10.5 Å². The third-order valence-electron chi connectivity index (χ3n) is 3.96. The number of carboxylic acid groups (broad SMARTS) is 1. The minimum Gasteiger partial charge on any atom is -0.478 e. The van der Waals surface area contributed by atoms with Gasteiger partial charge < -0.3 is 5.11 Å². The van der Waals surface area contributed by atoms with Crippen LogP contribution in [0, 0.1) is 6.92 Å². The molecule has 1 N–H and O–H groups in total. The lowest BCUT2D eigenvalue weighted by atomic mass is 10.1. The molecule has 0 amide bonds. The van der Waals surface area contributed by atoms with Crippen LogP contribution in [-0.4, -0.2) is 36.9 Å². The van der Waals surface area contributed by atoms with Gasteiger partial charge in [0.1, 0.15) is 0 Å². The summed E-state index contributed by atoms with van der Waals surface area (Å²) in [5.74, 6) is -1.13. The summed E-state index contributed by atoms with van der Waals surface area (Å²) in [6.07, 6.45) is 3.76. The predicted molar refractivity (Wildman–Crippen MR) is 83.0 cm³/mol. The number of hydrogen-bond donors (Lipinski definition) is 1. The number of sulfonamides is 1. The van der Waals surface area contributed by atoms with E-state index in [1.165, 1.54) is 16.4 Å². The largest absolute Gasteiger partial charge is 0.478 e. The molecule has 0 radical (unpaired) electrons. The summed E-state index contributed by atoms with van der Waals surface area (Å²) in [7, 11) is -2.14. The number of aryl methyl sites for hydroxylation is 1. The van der Waals surface area contributed by atoms with Crippen molar-refractivity contribution in [2.75, 3.05) is 7.05 Å². The number of carbonyl (C=O) groups is 1. The van der Waals surface area contributed by atoms with E-state index in [1.54, 1.807) is 14.0 Å².